The molecule has 64 valence electrons. The summed E-state index contributed by atoms with van der Waals surface area (Å²) >= 11 is 0. The fourth-order valence-electron chi connectivity index (χ4n) is 1.26. The molecule has 0 fully saturated rings. The highest BCUT2D eigenvalue weighted by Gasteiger charge is 2.06. The van der Waals surface area contributed by atoms with E-state index in [1.165, 1.54) is 0 Å². The Morgan fingerprint density at radius 2 is 1.92 bits per heavy atom. The second-order valence-electron chi connectivity index (χ2n) is 2.73. The number of hydrogen-bond donors (Lipinski definition) is 0. The van der Waals surface area contributed by atoms with Gasteiger partial charge in [-0.15, -0.1) is 0 Å². The molecule has 0 radical (unpaired) electrons. The van der Waals surface area contributed by atoms with Crippen molar-refractivity contribution in [3.8, 4) is 0 Å². The van der Waals surface area contributed by atoms with Gasteiger partial charge in [-0.2, -0.15) is 0 Å². The minimum atomic E-state index is -0.891. The van der Waals surface area contributed by atoms with Gasteiger partial charge in [-0.3, -0.25) is 0 Å². The van der Waals surface area contributed by atoms with Crippen molar-refractivity contribution in [1.29, 1.82) is 0 Å². The van der Waals surface area contributed by atoms with Gasteiger partial charge in [-0.05, 0) is 25.0 Å². The maximum absolute atomic E-state index is 13.0. The summed E-state index contributed by atoms with van der Waals surface area (Å²) in [6.07, 6.45) is 0.928. The number of benzene rings is 1. The number of alkyl halides is 1. The van der Waals surface area contributed by atoms with Gasteiger partial charge in [0.2, 0.25) is 0 Å². The molecule has 0 aliphatic carbocycles. The number of halogens is 1. The summed E-state index contributed by atoms with van der Waals surface area (Å²) in [5.74, 6) is 0. The third kappa shape index (κ3) is 1.94. The number of hydrogen-bond acceptors (Lipinski definition) is 0. The Bertz CT molecular complexity index is 260. The molecule has 0 spiro atoms. The first-order valence-electron chi connectivity index (χ1n) is 4.11. The molecule has 0 saturated carbocycles. The Labute approximate surface area is 72.7 Å². The molecule has 1 unspecified atom stereocenters. The first kappa shape index (κ1) is 8.98. The van der Waals surface area contributed by atoms with Gasteiger partial charge < -0.3 is 0 Å². The monoisotopic (exact) mass is 164 g/mol. The molecule has 0 N–H and O–H groups in total. The van der Waals surface area contributed by atoms with E-state index in [-0.39, 0.29) is 0 Å². The molecule has 0 heterocycles. The molecule has 0 aromatic heterocycles. The van der Waals surface area contributed by atoms with E-state index in [2.05, 4.69) is 0 Å². The highest BCUT2D eigenvalue weighted by atomic mass is 19.1. The molecule has 0 saturated heterocycles. The van der Waals surface area contributed by atoms with Gasteiger partial charge in [0.1, 0.15) is 6.17 Å². The van der Waals surface area contributed by atoms with E-state index in [1.807, 2.05) is 43.3 Å². The van der Waals surface area contributed by atoms with E-state index in [1.54, 1.807) is 6.92 Å². The van der Waals surface area contributed by atoms with Gasteiger partial charge in [0, 0.05) is 0 Å². The van der Waals surface area contributed by atoms with E-state index in [9.17, 15) is 4.39 Å². The zero-order valence-corrected chi connectivity index (χ0v) is 7.42. The van der Waals surface area contributed by atoms with Crippen LogP contribution in [-0.2, 0) is 0 Å². The van der Waals surface area contributed by atoms with Crippen LogP contribution in [0.4, 0.5) is 4.39 Å². The molecule has 12 heavy (non-hydrogen) atoms. The van der Waals surface area contributed by atoms with Crippen LogP contribution in [0.3, 0.4) is 0 Å². The maximum atomic E-state index is 13.0. The molecule has 0 aliphatic rings. The van der Waals surface area contributed by atoms with Crippen LogP contribution in [0, 0.1) is 0 Å². The molecule has 0 nitrogen and oxygen atoms in total. The lowest BCUT2D eigenvalue weighted by molar-refractivity contribution is 0.442. The van der Waals surface area contributed by atoms with Crippen LogP contribution in [0.15, 0.2) is 36.4 Å². The second-order valence-corrected chi connectivity index (χ2v) is 2.73. The van der Waals surface area contributed by atoms with Crippen molar-refractivity contribution in [3.63, 3.8) is 0 Å². The number of rotatable bonds is 2. The SMILES string of the molecule is CC=C(c1ccccc1)C(C)F. The first-order chi connectivity index (χ1) is 5.75. The standard InChI is InChI=1S/C11H13F/c1-3-11(9(2)12)10-7-5-4-6-8-10/h3-9H,1-2H3. The van der Waals surface area contributed by atoms with Crippen molar-refractivity contribution in [2.45, 2.75) is 20.0 Å². The summed E-state index contributed by atoms with van der Waals surface area (Å²) in [4.78, 5) is 0. The Kier molecular flexibility index (Phi) is 3.03. The van der Waals surface area contributed by atoms with E-state index < -0.39 is 6.17 Å². The summed E-state index contributed by atoms with van der Waals surface area (Å²) < 4.78 is 13.0. The summed E-state index contributed by atoms with van der Waals surface area (Å²) in [6.45, 7) is 3.42. The Morgan fingerprint density at radius 1 is 1.33 bits per heavy atom. The Balaban J connectivity index is 2.97. The lowest BCUT2D eigenvalue weighted by atomic mass is 10.0. The van der Waals surface area contributed by atoms with Gasteiger partial charge in [-0.25, -0.2) is 4.39 Å². The highest BCUT2D eigenvalue weighted by molar-refractivity contribution is 5.67. The Morgan fingerprint density at radius 3 is 2.33 bits per heavy atom. The Hall–Kier alpha value is -1.11. The average molecular weight is 164 g/mol. The van der Waals surface area contributed by atoms with Gasteiger partial charge in [0.25, 0.3) is 0 Å². The van der Waals surface area contributed by atoms with Crippen molar-refractivity contribution in [2.24, 2.45) is 0 Å². The largest absolute Gasteiger partial charge is 0.243 e. The molecule has 1 atom stereocenters. The lowest BCUT2D eigenvalue weighted by Gasteiger charge is -2.07. The van der Waals surface area contributed by atoms with Crippen LogP contribution in [0.2, 0.25) is 0 Å². The smallest absolute Gasteiger partial charge is 0.123 e. The van der Waals surface area contributed by atoms with Gasteiger partial charge in [0.15, 0.2) is 0 Å². The summed E-state index contributed by atoms with van der Waals surface area (Å²) in [5.41, 5.74) is 1.73. The zero-order chi connectivity index (χ0) is 8.97. The topological polar surface area (TPSA) is 0 Å². The third-order valence-corrected chi connectivity index (χ3v) is 1.85. The molecule has 1 heteroatoms. The quantitative estimate of drug-likeness (QED) is 0.628. The second kappa shape index (κ2) is 4.05. The molecule has 0 amide bonds. The molecule has 1 aromatic rings. The van der Waals surface area contributed by atoms with E-state index in [0.29, 0.717) is 0 Å². The van der Waals surface area contributed by atoms with Crippen molar-refractivity contribution >= 4 is 5.57 Å². The van der Waals surface area contributed by atoms with E-state index >= 15 is 0 Å². The molecule has 0 aliphatic heterocycles. The molecule has 1 rings (SSSR count). The zero-order valence-electron chi connectivity index (χ0n) is 7.42. The summed E-state index contributed by atoms with van der Waals surface area (Å²) in [6, 6.07) is 9.61. The normalized spacial score (nSPS) is 14.4. The van der Waals surface area contributed by atoms with Crippen LogP contribution in [0.25, 0.3) is 5.57 Å². The highest BCUT2D eigenvalue weighted by Crippen LogP contribution is 2.19. The summed E-state index contributed by atoms with van der Waals surface area (Å²) in [5, 5.41) is 0. The van der Waals surface area contributed by atoms with Crippen LogP contribution >= 0.6 is 0 Å². The molecule has 1 aromatic carbocycles. The van der Waals surface area contributed by atoms with E-state index in [4.69, 9.17) is 0 Å². The van der Waals surface area contributed by atoms with Crippen molar-refractivity contribution in [1.82, 2.24) is 0 Å². The van der Waals surface area contributed by atoms with Gasteiger partial charge >= 0.3 is 0 Å². The minimum Gasteiger partial charge on any atom is -0.243 e. The van der Waals surface area contributed by atoms with Crippen LogP contribution in [0.1, 0.15) is 19.4 Å². The van der Waals surface area contributed by atoms with Crippen molar-refractivity contribution < 1.29 is 4.39 Å². The number of allylic oxidation sites excluding steroid dienone is 2. The maximum Gasteiger partial charge on any atom is 0.123 e. The average Bonchev–Trinajstić information content (AvgIpc) is 2.07. The fourth-order valence-corrected chi connectivity index (χ4v) is 1.26. The van der Waals surface area contributed by atoms with Crippen LogP contribution in [-0.4, -0.2) is 6.17 Å². The van der Waals surface area contributed by atoms with Crippen molar-refractivity contribution in [3.05, 3.63) is 42.0 Å². The minimum absolute atomic E-state index is 0.760. The first-order valence-corrected chi connectivity index (χ1v) is 4.11. The molecule has 0 bridgehead atoms. The van der Waals surface area contributed by atoms with Crippen LogP contribution in [0.5, 0.6) is 0 Å². The lowest BCUT2D eigenvalue weighted by Crippen LogP contribution is -1.96. The van der Waals surface area contributed by atoms with Gasteiger partial charge in [-0.1, -0.05) is 36.4 Å². The molecular weight excluding hydrogens is 151 g/mol. The third-order valence-electron chi connectivity index (χ3n) is 1.85. The van der Waals surface area contributed by atoms with Gasteiger partial charge in [0.05, 0.1) is 0 Å². The molecular formula is C11H13F. The van der Waals surface area contributed by atoms with Crippen LogP contribution < -0.4 is 0 Å². The van der Waals surface area contributed by atoms with E-state index in [0.717, 1.165) is 11.1 Å². The summed E-state index contributed by atoms with van der Waals surface area (Å²) in [7, 11) is 0. The predicted octanol–water partition coefficient (Wildman–Crippen LogP) is 3.45. The van der Waals surface area contributed by atoms with Crippen molar-refractivity contribution in [2.75, 3.05) is 0 Å². The predicted molar refractivity (Wildman–Crippen MR) is 50.7 cm³/mol. The fraction of sp³-hybridized carbons (Fsp3) is 0.273.